The summed E-state index contributed by atoms with van der Waals surface area (Å²) in [5.74, 6) is 0. The van der Waals surface area contributed by atoms with Crippen LogP contribution in [0.4, 0.5) is 0 Å². The normalized spacial score (nSPS) is 12.4. The number of hydrogen-bond acceptors (Lipinski definition) is 3. The van der Waals surface area contributed by atoms with Gasteiger partial charge in [-0.25, -0.2) is 0 Å². The van der Waals surface area contributed by atoms with E-state index in [0.29, 0.717) is 5.41 Å². The molecule has 4 heteroatoms. The number of likely N-dealkylation sites (N-methyl/N-ethyl adjacent to an activating group) is 3. The summed E-state index contributed by atoms with van der Waals surface area (Å²) < 4.78 is 1.53. The molecule has 0 aromatic heterocycles. The maximum absolute atomic E-state index is 3.65. The van der Waals surface area contributed by atoms with Gasteiger partial charge in [0.2, 0.25) is 0 Å². The summed E-state index contributed by atoms with van der Waals surface area (Å²) in [4.78, 5) is 6.94. The molecule has 0 saturated heterocycles. The topological polar surface area (TPSA) is 9.72 Å². The molecule has 0 spiro atoms. The molecule has 0 bridgehead atoms. The van der Waals surface area contributed by atoms with Crippen LogP contribution < -0.4 is 0 Å². The summed E-state index contributed by atoms with van der Waals surface area (Å²) in [6.45, 7) is 40.5. The summed E-state index contributed by atoms with van der Waals surface area (Å²) in [5, 5.41) is 0. The number of rotatable bonds is 12. The van der Waals surface area contributed by atoms with Crippen molar-refractivity contribution in [3.05, 3.63) is 59.6 Å². The van der Waals surface area contributed by atoms with Crippen LogP contribution >= 0.6 is 0 Å². The number of allylic oxidation sites excluding steroid dienone is 4. The minimum absolute atomic E-state index is 0.344. The monoisotopic (exact) mass is 508 g/mol. The van der Waals surface area contributed by atoms with Crippen molar-refractivity contribution in [1.29, 1.82) is 0 Å². The van der Waals surface area contributed by atoms with Crippen LogP contribution in [0.2, 0.25) is 0 Å². The summed E-state index contributed by atoms with van der Waals surface area (Å²) >= 11 is 2.22. The van der Waals surface area contributed by atoms with E-state index in [1.807, 2.05) is 18.2 Å². The van der Waals surface area contributed by atoms with E-state index in [1.165, 1.54) is 9.45 Å². The quantitative estimate of drug-likeness (QED) is 0.202. The van der Waals surface area contributed by atoms with E-state index in [2.05, 4.69) is 129 Å². The van der Waals surface area contributed by atoms with Gasteiger partial charge in [-0.2, -0.15) is 0 Å². The molecule has 0 amide bonds. The van der Waals surface area contributed by atoms with Gasteiger partial charge in [0.15, 0.2) is 0 Å². The van der Waals surface area contributed by atoms with Gasteiger partial charge in [-0.05, 0) is 39.3 Å². The zero-order valence-electron chi connectivity index (χ0n) is 24.4. The SMILES string of the molecule is C=CCN(CC)CC.C=CCN(CC)CC.C=CCN(CC)CC.CC(C)(C)C1=[C]([Ti])CC=C1. The van der Waals surface area contributed by atoms with Crippen molar-refractivity contribution < 1.29 is 20.4 Å². The van der Waals surface area contributed by atoms with Crippen molar-refractivity contribution in [2.75, 3.05) is 58.9 Å². The Morgan fingerprint density at radius 3 is 1.09 bits per heavy atom. The standard InChI is InChI=1S/C9H13.3C7H15N.Ti/c1-9(2,3)8-6-4-5-7-8;3*1-4-7-8(5-2)6-3;/h4,6H,5H2,1-3H3;3*4H,1,5-7H2,2-3H3;. The molecule has 0 aliphatic heterocycles. The van der Waals surface area contributed by atoms with Crippen LogP contribution in [-0.2, 0) is 20.4 Å². The van der Waals surface area contributed by atoms with E-state index >= 15 is 0 Å². The van der Waals surface area contributed by atoms with Gasteiger partial charge in [-0.15, -0.1) is 19.7 Å². The van der Waals surface area contributed by atoms with Gasteiger partial charge in [-0.1, -0.05) is 59.8 Å². The average Bonchev–Trinajstić information content (AvgIpc) is 3.27. The van der Waals surface area contributed by atoms with Crippen LogP contribution in [0.15, 0.2) is 59.6 Å². The zero-order valence-corrected chi connectivity index (χ0v) is 26.0. The minimum atomic E-state index is 0.344. The summed E-state index contributed by atoms with van der Waals surface area (Å²) in [6, 6.07) is 0. The Kier molecular flexibility index (Phi) is 28.3. The second kappa shape index (κ2) is 25.4. The Hall–Kier alpha value is -0.706. The molecule has 1 rings (SSSR count). The van der Waals surface area contributed by atoms with E-state index in [9.17, 15) is 0 Å². The fraction of sp³-hybridized carbons (Fsp3) is 0.667. The van der Waals surface area contributed by atoms with Crippen LogP contribution in [-0.4, -0.2) is 73.6 Å². The molecular weight excluding hydrogens is 450 g/mol. The fourth-order valence-electron chi connectivity index (χ4n) is 3.20. The fourth-order valence-corrected chi connectivity index (χ4v) is 4.10. The van der Waals surface area contributed by atoms with Gasteiger partial charge in [0.1, 0.15) is 0 Å². The van der Waals surface area contributed by atoms with Gasteiger partial charge in [0, 0.05) is 19.6 Å². The maximum atomic E-state index is 3.65. The van der Waals surface area contributed by atoms with Crippen molar-refractivity contribution >= 4 is 0 Å². The predicted molar refractivity (Wildman–Crippen MR) is 154 cm³/mol. The van der Waals surface area contributed by atoms with Crippen LogP contribution in [0.1, 0.15) is 68.7 Å². The molecule has 3 nitrogen and oxygen atoms in total. The zero-order chi connectivity index (χ0) is 27.0. The molecule has 0 heterocycles. The molecule has 0 aromatic rings. The second-order valence-electron chi connectivity index (χ2n) is 9.07. The van der Waals surface area contributed by atoms with Gasteiger partial charge < -0.3 is 14.7 Å². The summed E-state index contributed by atoms with van der Waals surface area (Å²) in [7, 11) is 0. The molecule has 197 valence electrons. The third-order valence-electron chi connectivity index (χ3n) is 5.58. The van der Waals surface area contributed by atoms with Crippen LogP contribution in [0.5, 0.6) is 0 Å². The van der Waals surface area contributed by atoms with Crippen LogP contribution in [0, 0.1) is 5.41 Å². The van der Waals surface area contributed by atoms with Gasteiger partial charge in [0.05, 0.1) is 0 Å². The van der Waals surface area contributed by atoms with Crippen molar-refractivity contribution in [3.63, 3.8) is 0 Å². The predicted octanol–water partition coefficient (Wildman–Crippen LogP) is 7.34. The van der Waals surface area contributed by atoms with Crippen LogP contribution in [0.3, 0.4) is 0 Å². The van der Waals surface area contributed by atoms with Crippen molar-refractivity contribution in [2.24, 2.45) is 5.41 Å². The molecule has 0 N–H and O–H groups in total. The van der Waals surface area contributed by atoms with E-state index in [0.717, 1.165) is 65.3 Å². The first-order valence-electron chi connectivity index (χ1n) is 13.2. The molecule has 34 heavy (non-hydrogen) atoms. The molecule has 0 radical (unpaired) electrons. The van der Waals surface area contributed by atoms with Crippen LogP contribution in [0.25, 0.3) is 0 Å². The third kappa shape index (κ3) is 21.8. The van der Waals surface area contributed by atoms with E-state index < -0.39 is 0 Å². The Morgan fingerprint density at radius 2 is 1.00 bits per heavy atom. The number of nitrogens with zero attached hydrogens (tertiary/aromatic N) is 3. The van der Waals surface area contributed by atoms with E-state index in [-0.39, 0.29) is 0 Å². The average molecular weight is 509 g/mol. The first kappa shape index (κ1) is 37.8. The Balaban J connectivity index is -0.000000380. The van der Waals surface area contributed by atoms with E-state index in [4.69, 9.17) is 0 Å². The van der Waals surface area contributed by atoms with Gasteiger partial charge in [0.25, 0.3) is 0 Å². The molecule has 1 aliphatic rings. The molecule has 0 saturated carbocycles. The molecule has 0 unspecified atom stereocenters. The molecule has 0 atom stereocenters. The number of hydrogen-bond donors (Lipinski definition) is 0. The molecular formula is C30H58N3Ti. The summed E-state index contributed by atoms with van der Waals surface area (Å²) in [5.41, 5.74) is 1.87. The van der Waals surface area contributed by atoms with Crippen molar-refractivity contribution in [1.82, 2.24) is 14.7 Å². The molecule has 0 fully saturated rings. The Bertz CT molecular complexity index is 503. The van der Waals surface area contributed by atoms with Gasteiger partial charge in [-0.3, -0.25) is 0 Å². The first-order valence-corrected chi connectivity index (χ1v) is 14.0. The van der Waals surface area contributed by atoms with Crippen molar-refractivity contribution in [2.45, 2.75) is 68.7 Å². The third-order valence-corrected chi connectivity index (χ3v) is 6.32. The van der Waals surface area contributed by atoms with Gasteiger partial charge >= 0.3 is 74.6 Å². The first-order chi connectivity index (χ1) is 16.1. The van der Waals surface area contributed by atoms with Crippen molar-refractivity contribution in [3.8, 4) is 0 Å². The summed E-state index contributed by atoms with van der Waals surface area (Å²) in [6.07, 6.45) is 11.5. The Labute approximate surface area is 227 Å². The van der Waals surface area contributed by atoms with E-state index in [1.54, 1.807) is 0 Å². The Morgan fingerprint density at radius 1 is 0.706 bits per heavy atom. The molecule has 1 aliphatic carbocycles. The second-order valence-corrected chi connectivity index (χ2v) is 10.0. The molecule has 0 aromatic carbocycles.